The van der Waals surface area contributed by atoms with Crippen molar-refractivity contribution in [3.05, 3.63) is 163 Å². The number of hydrogen-bond acceptors (Lipinski definition) is 1. The topological polar surface area (TPSA) is 32.9 Å². The van der Waals surface area contributed by atoms with Crippen molar-refractivity contribution in [2.24, 2.45) is 0 Å². The van der Waals surface area contributed by atoms with Gasteiger partial charge in [0.2, 0.25) is 0 Å². The quantitative estimate of drug-likeness (QED) is 0.209. The summed E-state index contributed by atoms with van der Waals surface area (Å²) in [6.45, 7) is 8.43. The van der Waals surface area contributed by atoms with Crippen molar-refractivity contribution in [3.63, 3.8) is 0 Å². The number of fused-ring (bicyclic) bond motifs is 3. The Hall–Kier alpha value is -5.21. The van der Waals surface area contributed by atoms with Gasteiger partial charge in [-0.3, -0.25) is 4.79 Å². The summed E-state index contributed by atoms with van der Waals surface area (Å²) in [5, 5.41) is 7.37. The number of rotatable bonds is 3. The molecule has 0 amide bonds. The van der Waals surface area contributed by atoms with E-state index in [-0.39, 0.29) is 0 Å². The minimum absolute atomic E-state index is 0.758. The number of H-pyrrole nitrogens is 1. The molecule has 6 aromatic carbocycles. The Morgan fingerprint density at radius 1 is 0.545 bits per heavy atom. The Morgan fingerprint density at radius 3 is 1.52 bits per heavy atom. The molecule has 0 aliphatic rings. The van der Waals surface area contributed by atoms with Crippen molar-refractivity contribution in [1.82, 2.24) is 4.98 Å². The Morgan fingerprint density at radius 2 is 1.00 bits per heavy atom. The van der Waals surface area contributed by atoms with Gasteiger partial charge in [-0.05, 0) is 62.9 Å². The number of carbonyl (C=O) groups is 1. The highest BCUT2D eigenvalue weighted by Crippen LogP contribution is 2.30. The van der Waals surface area contributed by atoms with Gasteiger partial charge in [-0.15, -0.1) is 0 Å². The lowest BCUT2D eigenvalue weighted by Gasteiger charge is -2.05. The van der Waals surface area contributed by atoms with Gasteiger partial charge >= 0.3 is 0 Å². The van der Waals surface area contributed by atoms with E-state index in [1.165, 1.54) is 50.2 Å². The number of aromatic amines is 1. The zero-order valence-corrected chi connectivity index (χ0v) is 26.1. The van der Waals surface area contributed by atoms with Gasteiger partial charge in [-0.1, -0.05) is 160 Å². The molecule has 0 fully saturated rings. The number of aryl methyl sites for hydroxylation is 1. The molecular formula is C42H41NO. The second-order valence-electron chi connectivity index (χ2n) is 10.5. The molecule has 1 heterocycles. The van der Waals surface area contributed by atoms with Gasteiger partial charge in [0.1, 0.15) is 0 Å². The second kappa shape index (κ2) is 16.4. The van der Waals surface area contributed by atoms with Crippen LogP contribution in [0.3, 0.4) is 0 Å². The summed E-state index contributed by atoms with van der Waals surface area (Å²) >= 11 is 0. The molecule has 0 aliphatic heterocycles. The van der Waals surface area contributed by atoms with Crippen LogP contribution < -0.4 is 0 Å². The van der Waals surface area contributed by atoms with Crippen LogP contribution in [-0.4, -0.2) is 11.3 Å². The van der Waals surface area contributed by atoms with Gasteiger partial charge in [0.15, 0.2) is 6.29 Å². The highest BCUT2D eigenvalue weighted by atomic mass is 16.1. The van der Waals surface area contributed by atoms with E-state index in [0.29, 0.717) is 0 Å². The van der Waals surface area contributed by atoms with Crippen LogP contribution in [0.15, 0.2) is 146 Å². The van der Waals surface area contributed by atoms with Crippen molar-refractivity contribution >= 4 is 44.7 Å². The maximum atomic E-state index is 10.6. The predicted molar refractivity (Wildman–Crippen MR) is 192 cm³/mol. The van der Waals surface area contributed by atoms with E-state index < -0.39 is 0 Å². The average molecular weight is 576 g/mol. The minimum atomic E-state index is 0.758. The molecule has 0 bridgehead atoms. The van der Waals surface area contributed by atoms with Gasteiger partial charge in [-0.25, -0.2) is 0 Å². The number of hydrogen-bond donors (Lipinski definition) is 1. The summed E-state index contributed by atoms with van der Waals surface area (Å²) in [6, 6.07) is 43.4. The zero-order chi connectivity index (χ0) is 31.1. The molecule has 44 heavy (non-hydrogen) atoms. The first kappa shape index (κ1) is 31.7. The lowest BCUT2D eigenvalue weighted by atomic mass is 9.98. The van der Waals surface area contributed by atoms with Crippen LogP contribution in [0.1, 0.15) is 48.7 Å². The van der Waals surface area contributed by atoms with Crippen molar-refractivity contribution in [2.45, 2.75) is 34.1 Å². The molecule has 2 heteroatoms. The third kappa shape index (κ3) is 7.99. The van der Waals surface area contributed by atoms with Crippen molar-refractivity contribution < 1.29 is 4.79 Å². The van der Waals surface area contributed by atoms with E-state index >= 15 is 0 Å². The molecule has 7 aromatic rings. The van der Waals surface area contributed by atoms with E-state index in [1.807, 2.05) is 55.6 Å². The fourth-order valence-corrected chi connectivity index (χ4v) is 5.12. The summed E-state index contributed by atoms with van der Waals surface area (Å²) < 4.78 is 0. The molecule has 1 N–H and O–H groups in total. The van der Waals surface area contributed by atoms with E-state index in [2.05, 4.69) is 129 Å². The Labute approximate surface area is 261 Å². The van der Waals surface area contributed by atoms with Gasteiger partial charge < -0.3 is 4.98 Å². The van der Waals surface area contributed by atoms with Crippen LogP contribution in [0.25, 0.3) is 49.5 Å². The normalized spacial score (nSPS) is 10.4. The summed E-state index contributed by atoms with van der Waals surface area (Å²) in [5.74, 6) is 0. The Kier molecular flexibility index (Phi) is 11.8. The van der Waals surface area contributed by atoms with Gasteiger partial charge in [0, 0.05) is 23.5 Å². The molecule has 0 atom stereocenters. The molecule has 0 unspecified atom stereocenters. The van der Waals surface area contributed by atoms with Crippen LogP contribution in [0.5, 0.6) is 0 Å². The molecule has 2 nitrogen and oxygen atoms in total. The van der Waals surface area contributed by atoms with Gasteiger partial charge in [0.25, 0.3) is 0 Å². The lowest BCUT2D eigenvalue weighted by Crippen LogP contribution is -1.81. The fourth-order valence-electron chi connectivity index (χ4n) is 5.12. The van der Waals surface area contributed by atoms with E-state index in [9.17, 15) is 4.79 Å². The first-order valence-corrected chi connectivity index (χ1v) is 15.3. The smallest absolute Gasteiger partial charge is 0.150 e. The number of nitrogens with one attached hydrogen (secondary N) is 1. The summed E-state index contributed by atoms with van der Waals surface area (Å²) in [4.78, 5) is 13.8. The molecule has 7 rings (SSSR count). The van der Waals surface area contributed by atoms with E-state index in [4.69, 9.17) is 0 Å². The first-order valence-electron chi connectivity index (χ1n) is 15.3. The summed E-state index contributed by atoms with van der Waals surface area (Å²) in [7, 11) is 0. The largest absolute Gasteiger partial charge is 0.367 e. The van der Waals surface area contributed by atoms with Crippen molar-refractivity contribution in [1.29, 1.82) is 0 Å². The van der Waals surface area contributed by atoms with Crippen LogP contribution in [0.2, 0.25) is 0 Å². The molecular weight excluding hydrogens is 534 g/mol. The minimum Gasteiger partial charge on any atom is -0.367 e. The van der Waals surface area contributed by atoms with Crippen LogP contribution in [-0.2, 0) is 0 Å². The van der Waals surface area contributed by atoms with Gasteiger partial charge in [-0.2, -0.15) is 0 Å². The highest BCUT2D eigenvalue weighted by molar-refractivity contribution is 5.98. The third-order valence-electron chi connectivity index (χ3n) is 7.15. The first-order chi connectivity index (χ1) is 21.6. The van der Waals surface area contributed by atoms with Crippen LogP contribution >= 0.6 is 0 Å². The summed E-state index contributed by atoms with van der Waals surface area (Å²) in [6.07, 6.45) is 10.5. The highest BCUT2D eigenvalue weighted by Gasteiger charge is 2.06. The number of aromatic nitrogens is 1. The molecule has 0 saturated heterocycles. The van der Waals surface area contributed by atoms with Crippen molar-refractivity contribution in [3.8, 4) is 11.1 Å². The van der Waals surface area contributed by atoms with E-state index in [1.54, 1.807) is 0 Å². The monoisotopic (exact) mass is 575 g/mol. The lowest BCUT2D eigenvalue weighted by molar-refractivity contribution is 0.112. The van der Waals surface area contributed by atoms with Crippen LogP contribution in [0.4, 0.5) is 0 Å². The summed E-state index contributed by atoms with van der Waals surface area (Å²) in [5.41, 5.74) is 5.93. The fraction of sp³-hybridized carbons (Fsp3) is 0.119. The molecule has 0 spiro atoms. The molecule has 0 aliphatic carbocycles. The number of carbonyl (C=O) groups excluding carboxylic acids is 1. The molecule has 220 valence electrons. The maximum absolute atomic E-state index is 10.6. The zero-order valence-electron chi connectivity index (χ0n) is 26.1. The average Bonchev–Trinajstić information content (AvgIpc) is 3.51. The molecule has 0 saturated carbocycles. The SMILES string of the molecule is C/C=C/c1cccc2ccccc12.CCC.Cc1c[nH]cc1-c1cccc2ccccc12.O=Cc1cccc2ccccc12. The molecule has 1 aromatic heterocycles. The number of benzene rings is 6. The standard InChI is InChI=1S/C15H13N.C13H12.C11H8O.C3H8/c1-11-9-16-10-15(11)14-8-4-6-12-5-2-3-7-13(12)14;1-2-6-11-8-5-9-12-7-3-4-10-13(11)12;12-8-10-6-3-5-9-4-1-2-7-11(9)10;1-3-2/h2-10,16H,1H3;2-10H,1H3;1-8H;3H2,1-2H3/b;6-2+;;. The maximum Gasteiger partial charge on any atom is 0.150 e. The Balaban J connectivity index is 0.000000146. The van der Waals surface area contributed by atoms with Gasteiger partial charge in [0.05, 0.1) is 0 Å². The molecule has 0 radical (unpaired) electrons. The third-order valence-corrected chi connectivity index (χ3v) is 7.15. The van der Waals surface area contributed by atoms with E-state index in [0.717, 1.165) is 22.6 Å². The number of aldehydes is 1. The van der Waals surface area contributed by atoms with Crippen molar-refractivity contribution in [2.75, 3.05) is 0 Å². The second-order valence-corrected chi connectivity index (χ2v) is 10.5. The Bertz CT molecular complexity index is 1940. The predicted octanol–water partition coefficient (Wildman–Crippen LogP) is 12.1. The number of allylic oxidation sites excluding steroid dienone is 1. The van der Waals surface area contributed by atoms with Crippen LogP contribution in [0, 0.1) is 6.92 Å².